The third kappa shape index (κ3) is 4.50. The first-order chi connectivity index (χ1) is 17.6. The Labute approximate surface area is 211 Å². The number of hydrogen-bond donors (Lipinski definition) is 1. The van der Waals surface area contributed by atoms with Gasteiger partial charge in [0.05, 0.1) is 21.9 Å². The van der Waals surface area contributed by atoms with E-state index in [-0.39, 0.29) is 5.82 Å². The van der Waals surface area contributed by atoms with Gasteiger partial charge in [-0.1, -0.05) is 18.2 Å². The van der Waals surface area contributed by atoms with Crippen LogP contribution >= 0.6 is 11.3 Å². The van der Waals surface area contributed by atoms with Crippen LogP contribution in [-0.4, -0.2) is 19.5 Å². The summed E-state index contributed by atoms with van der Waals surface area (Å²) >= 11 is 1.51. The summed E-state index contributed by atoms with van der Waals surface area (Å²) in [5.74, 6) is 1.40. The van der Waals surface area contributed by atoms with Gasteiger partial charge in [0.1, 0.15) is 34.5 Å². The zero-order valence-corrected chi connectivity index (χ0v) is 20.3. The highest BCUT2D eigenvalue weighted by molar-refractivity contribution is 7.18. The number of hydrogen-bond acceptors (Lipinski definition) is 6. The Bertz CT molecular complexity index is 1680. The SMILES string of the molecule is Cc1nc2cnccc2n1-c1ccc(CNc2cccc(OCc3nc4cc(F)ccc4s3)c2)cc1. The molecule has 8 heteroatoms. The van der Waals surface area contributed by atoms with Crippen LogP contribution < -0.4 is 10.1 Å². The van der Waals surface area contributed by atoms with Crippen molar-refractivity contribution in [1.82, 2.24) is 19.5 Å². The average Bonchev–Trinajstić information content (AvgIpc) is 3.46. The molecule has 0 saturated heterocycles. The van der Waals surface area contributed by atoms with E-state index >= 15 is 0 Å². The number of aryl methyl sites for hydroxylation is 1. The normalized spacial score (nSPS) is 11.3. The van der Waals surface area contributed by atoms with Gasteiger partial charge in [-0.3, -0.25) is 9.55 Å². The van der Waals surface area contributed by atoms with E-state index in [9.17, 15) is 4.39 Å². The quantitative estimate of drug-likeness (QED) is 0.268. The number of anilines is 1. The van der Waals surface area contributed by atoms with Crippen LogP contribution in [0.25, 0.3) is 26.9 Å². The summed E-state index contributed by atoms with van der Waals surface area (Å²) in [5.41, 5.74) is 5.79. The number of nitrogens with zero attached hydrogens (tertiary/aromatic N) is 4. The maximum Gasteiger partial charge on any atom is 0.140 e. The van der Waals surface area contributed by atoms with Gasteiger partial charge in [0, 0.05) is 36.2 Å². The number of ether oxygens (including phenoxy) is 1. The van der Waals surface area contributed by atoms with Crippen LogP contribution in [0.4, 0.5) is 10.1 Å². The van der Waals surface area contributed by atoms with Gasteiger partial charge in [-0.15, -0.1) is 11.3 Å². The summed E-state index contributed by atoms with van der Waals surface area (Å²) < 4.78 is 22.4. The number of thiazole rings is 1. The van der Waals surface area contributed by atoms with Gasteiger partial charge in [0.25, 0.3) is 0 Å². The number of benzene rings is 3. The van der Waals surface area contributed by atoms with Crippen LogP contribution in [0.1, 0.15) is 16.4 Å². The maximum absolute atomic E-state index is 13.4. The van der Waals surface area contributed by atoms with Gasteiger partial charge in [0.2, 0.25) is 0 Å². The lowest BCUT2D eigenvalue weighted by Crippen LogP contribution is -2.01. The molecule has 0 bridgehead atoms. The Kier molecular flexibility index (Phi) is 5.79. The molecule has 0 fully saturated rings. The van der Waals surface area contributed by atoms with Crippen LogP contribution in [-0.2, 0) is 13.2 Å². The Morgan fingerprint density at radius 2 is 1.86 bits per heavy atom. The molecular weight excluding hydrogens is 473 g/mol. The standard InChI is InChI=1S/C28H22FN5OS/c1-18-32-25-16-30-12-11-26(25)34(18)22-8-5-19(6-9-22)15-31-21-3-2-4-23(14-21)35-17-28-33-24-13-20(29)7-10-27(24)36-28/h2-14,16,31H,15,17H2,1H3. The third-order valence-electron chi connectivity index (χ3n) is 5.91. The molecule has 6 nitrogen and oxygen atoms in total. The van der Waals surface area contributed by atoms with E-state index in [4.69, 9.17) is 4.74 Å². The summed E-state index contributed by atoms with van der Waals surface area (Å²) in [6.45, 7) is 3.02. The smallest absolute Gasteiger partial charge is 0.140 e. The second-order valence-electron chi connectivity index (χ2n) is 8.41. The molecular formula is C28H22FN5OS. The van der Waals surface area contributed by atoms with Gasteiger partial charge in [-0.25, -0.2) is 14.4 Å². The first kappa shape index (κ1) is 22.2. The minimum atomic E-state index is -0.281. The van der Waals surface area contributed by atoms with E-state index in [1.807, 2.05) is 37.3 Å². The fraction of sp³-hybridized carbons (Fsp3) is 0.107. The number of imidazole rings is 1. The van der Waals surface area contributed by atoms with E-state index in [2.05, 4.69) is 49.1 Å². The molecule has 0 amide bonds. The lowest BCUT2D eigenvalue weighted by atomic mass is 10.2. The number of rotatable bonds is 7. The Balaban J connectivity index is 1.10. The minimum absolute atomic E-state index is 0.281. The van der Waals surface area contributed by atoms with E-state index in [0.717, 1.165) is 49.3 Å². The van der Waals surface area contributed by atoms with Crippen molar-refractivity contribution >= 4 is 38.3 Å². The molecule has 0 aliphatic carbocycles. The van der Waals surface area contributed by atoms with Gasteiger partial charge in [-0.2, -0.15) is 0 Å². The minimum Gasteiger partial charge on any atom is -0.486 e. The monoisotopic (exact) mass is 495 g/mol. The molecule has 0 saturated carbocycles. The molecule has 178 valence electrons. The largest absolute Gasteiger partial charge is 0.486 e. The number of halogens is 1. The van der Waals surface area contributed by atoms with Crippen molar-refractivity contribution in [1.29, 1.82) is 0 Å². The fourth-order valence-electron chi connectivity index (χ4n) is 4.20. The van der Waals surface area contributed by atoms with Crippen LogP contribution in [0, 0.1) is 12.7 Å². The van der Waals surface area contributed by atoms with Crippen molar-refractivity contribution in [2.45, 2.75) is 20.1 Å². The van der Waals surface area contributed by atoms with E-state index in [0.29, 0.717) is 18.7 Å². The van der Waals surface area contributed by atoms with Crippen LogP contribution in [0.2, 0.25) is 0 Å². The second-order valence-corrected chi connectivity index (χ2v) is 9.53. The van der Waals surface area contributed by atoms with Gasteiger partial charge < -0.3 is 10.1 Å². The number of pyridine rings is 1. The van der Waals surface area contributed by atoms with Crippen molar-refractivity contribution < 1.29 is 9.13 Å². The van der Waals surface area contributed by atoms with Gasteiger partial charge in [0.15, 0.2) is 0 Å². The zero-order chi connectivity index (χ0) is 24.5. The summed E-state index contributed by atoms with van der Waals surface area (Å²) in [4.78, 5) is 13.2. The maximum atomic E-state index is 13.4. The van der Waals surface area contributed by atoms with Crippen LogP contribution in [0.15, 0.2) is 85.2 Å². The van der Waals surface area contributed by atoms with Crippen molar-refractivity contribution in [3.8, 4) is 11.4 Å². The van der Waals surface area contributed by atoms with E-state index in [1.54, 1.807) is 18.5 Å². The molecule has 36 heavy (non-hydrogen) atoms. The molecule has 3 aromatic carbocycles. The molecule has 1 N–H and O–H groups in total. The molecule has 6 rings (SSSR count). The van der Waals surface area contributed by atoms with Crippen molar-refractivity contribution in [2.75, 3.05) is 5.32 Å². The van der Waals surface area contributed by atoms with Crippen molar-refractivity contribution in [2.24, 2.45) is 0 Å². The molecule has 0 atom stereocenters. The summed E-state index contributed by atoms with van der Waals surface area (Å²) in [7, 11) is 0. The lowest BCUT2D eigenvalue weighted by Gasteiger charge is -2.11. The number of fused-ring (bicyclic) bond motifs is 2. The van der Waals surface area contributed by atoms with Crippen LogP contribution in [0.3, 0.4) is 0 Å². The van der Waals surface area contributed by atoms with E-state index in [1.165, 1.54) is 23.5 Å². The topological polar surface area (TPSA) is 64.9 Å². The first-order valence-corrected chi connectivity index (χ1v) is 12.3. The average molecular weight is 496 g/mol. The first-order valence-electron chi connectivity index (χ1n) is 11.5. The zero-order valence-electron chi connectivity index (χ0n) is 19.5. The number of aromatic nitrogens is 4. The number of nitrogens with one attached hydrogen (secondary N) is 1. The molecule has 0 unspecified atom stereocenters. The highest BCUT2D eigenvalue weighted by Crippen LogP contribution is 2.25. The predicted octanol–water partition coefficient (Wildman–Crippen LogP) is 6.67. The highest BCUT2D eigenvalue weighted by Gasteiger charge is 2.09. The predicted molar refractivity (Wildman–Crippen MR) is 141 cm³/mol. The summed E-state index contributed by atoms with van der Waals surface area (Å²) in [6, 6.07) is 22.9. The third-order valence-corrected chi connectivity index (χ3v) is 6.92. The van der Waals surface area contributed by atoms with Crippen molar-refractivity contribution in [3.63, 3.8) is 0 Å². The summed E-state index contributed by atoms with van der Waals surface area (Å²) in [5, 5.41) is 4.27. The Hall–Kier alpha value is -4.30. The molecule has 0 aliphatic rings. The molecule has 0 spiro atoms. The molecule has 0 radical (unpaired) electrons. The van der Waals surface area contributed by atoms with Gasteiger partial charge >= 0.3 is 0 Å². The Morgan fingerprint density at radius 1 is 0.972 bits per heavy atom. The molecule has 3 heterocycles. The second kappa shape index (κ2) is 9.39. The molecule has 6 aromatic rings. The van der Waals surface area contributed by atoms with Crippen molar-refractivity contribution in [3.05, 3.63) is 107 Å². The highest BCUT2D eigenvalue weighted by atomic mass is 32.1. The lowest BCUT2D eigenvalue weighted by molar-refractivity contribution is 0.306. The van der Waals surface area contributed by atoms with E-state index < -0.39 is 0 Å². The van der Waals surface area contributed by atoms with Crippen LogP contribution in [0.5, 0.6) is 5.75 Å². The van der Waals surface area contributed by atoms with Gasteiger partial charge in [-0.05, 0) is 55.0 Å². The molecule has 3 aromatic heterocycles. The summed E-state index contributed by atoms with van der Waals surface area (Å²) in [6.07, 6.45) is 3.57. The molecule has 0 aliphatic heterocycles. The Morgan fingerprint density at radius 3 is 2.75 bits per heavy atom. The fourth-order valence-corrected chi connectivity index (χ4v) is 5.06.